The summed E-state index contributed by atoms with van der Waals surface area (Å²) < 4.78 is 38.1. The van der Waals surface area contributed by atoms with Gasteiger partial charge in [0.25, 0.3) is 5.91 Å². The van der Waals surface area contributed by atoms with Crippen molar-refractivity contribution in [2.75, 3.05) is 10.6 Å². The van der Waals surface area contributed by atoms with E-state index in [2.05, 4.69) is 25.6 Å². The van der Waals surface area contributed by atoms with Gasteiger partial charge in [-0.25, -0.2) is 15.0 Å². The van der Waals surface area contributed by atoms with Crippen molar-refractivity contribution in [3.8, 4) is 0 Å². The molecule has 0 aromatic carbocycles. The zero-order chi connectivity index (χ0) is 23.6. The van der Waals surface area contributed by atoms with Gasteiger partial charge in [-0.15, -0.1) is 0 Å². The fraction of sp³-hybridized carbons (Fsp3) is 0.273. The first-order valence-electron chi connectivity index (χ1n) is 10.1. The Balaban J connectivity index is 1.47. The molecular formula is C22H19ClF3N5O2. The highest BCUT2D eigenvalue weighted by molar-refractivity contribution is 6.29. The minimum atomic E-state index is -4.48. The third kappa shape index (κ3) is 5.96. The minimum Gasteiger partial charge on any atom is -0.392 e. The lowest BCUT2D eigenvalue weighted by atomic mass is 10.0. The SMILES string of the molecule is O=C(Nc1cnc(Cl)cc1CC(O)C1CC1)c1ccnc(Nc2ccc(C(F)(F)F)cn2)c1. The van der Waals surface area contributed by atoms with Crippen LogP contribution in [0.15, 0.2) is 48.9 Å². The number of nitrogens with zero attached hydrogens (tertiary/aromatic N) is 3. The number of pyridine rings is 3. The third-order valence-electron chi connectivity index (χ3n) is 5.17. The van der Waals surface area contributed by atoms with E-state index in [-0.39, 0.29) is 28.3 Å². The van der Waals surface area contributed by atoms with Gasteiger partial charge in [0.05, 0.1) is 23.6 Å². The van der Waals surface area contributed by atoms with Crippen molar-refractivity contribution in [2.24, 2.45) is 5.92 Å². The molecule has 4 rings (SSSR count). The molecule has 1 fully saturated rings. The molecule has 0 radical (unpaired) electrons. The summed E-state index contributed by atoms with van der Waals surface area (Å²) >= 11 is 5.99. The molecule has 0 spiro atoms. The zero-order valence-corrected chi connectivity index (χ0v) is 17.9. The Labute approximate surface area is 192 Å². The quantitative estimate of drug-likeness (QED) is 0.420. The van der Waals surface area contributed by atoms with Gasteiger partial charge >= 0.3 is 6.18 Å². The topological polar surface area (TPSA) is 100 Å². The van der Waals surface area contributed by atoms with Gasteiger partial charge < -0.3 is 15.7 Å². The molecule has 3 N–H and O–H groups in total. The molecule has 172 valence electrons. The molecule has 1 amide bonds. The number of carbonyl (C=O) groups is 1. The summed E-state index contributed by atoms with van der Waals surface area (Å²) in [6.07, 6.45) is 0.819. The first-order chi connectivity index (χ1) is 15.7. The third-order valence-corrected chi connectivity index (χ3v) is 5.38. The standard InChI is InChI=1S/C22H19ClF3N5O2/c23-18-8-14(7-17(32)12-1-2-12)16(11-28-18)30-21(33)13-5-6-27-20(9-13)31-19-4-3-15(10-29-19)22(24,25)26/h3-6,8-12,17,32H,1-2,7H2,(H,30,33)(H,27,29,31). The van der Waals surface area contributed by atoms with Crippen LogP contribution in [0, 0.1) is 5.92 Å². The molecule has 1 unspecified atom stereocenters. The predicted octanol–water partition coefficient (Wildman–Crippen LogP) is 4.85. The number of hydrogen-bond acceptors (Lipinski definition) is 6. The number of halogens is 4. The van der Waals surface area contributed by atoms with Crippen LogP contribution in [-0.2, 0) is 12.6 Å². The van der Waals surface area contributed by atoms with Crippen molar-refractivity contribution >= 4 is 34.8 Å². The predicted molar refractivity (Wildman–Crippen MR) is 116 cm³/mol. The number of anilines is 3. The van der Waals surface area contributed by atoms with Crippen LogP contribution >= 0.6 is 11.6 Å². The van der Waals surface area contributed by atoms with Crippen molar-refractivity contribution in [1.29, 1.82) is 0 Å². The van der Waals surface area contributed by atoms with Crippen LogP contribution in [0.2, 0.25) is 5.15 Å². The lowest BCUT2D eigenvalue weighted by Crippen LogP contribution is -2.18. The number of aromatic nitrogens is 3. The maximum Gasteiger partial charge on any atom is 0.417 e. The van der Waals surface area contributed by atoms with Crippen LogP contribution < -0.4 is 10.6 Å². The molecule has 11 heteroatoms. The molecule has 3 aromatic heterocycles. The summed E-state index contributed by atoms with van der Waals surface area (Å²) in [4.78, 5) is 24.6. The molecule has 1 aliphatic rings. The van der Waals surface area contributed by atoms with E-state index in [1.807, 2.05) is 0 Å². The molecule has 3 aromatic rings. The Morgan fingerprint density at radius 2 is 1.91 bits per heavy atom. The number of carbonyl (C=O) groups excluding carboxylic acids is 1. The van der Waals surface area contributed by atoms with Gasteiger partial charge in [0.1, 0.15) is 16.8 Å². The fourth-order valence-electron chi connectivity index (χ4n) is 3.22. The summed E-state index contributed by atoms with van der Waals surface area (Å²) in [5.74, 6) is 0.181. The molecule has 3 heterocycles. The van der Waals surface area contributed by atoms with Crippen LogP contribution in [-0.4, -0.2) is 32.1 Å². The second-order valence-electron chi connectivity index (χ2n) is 7.71. The number of hydrogen-bond donors (Lipinski definition) is 3. The van der Waals surface area contributed by atoms with Gasteiger partial charge in [-0.05, 0) is 54.7 Å². The van der Waals surface area contributed by atoms with Gasteiger partial charge in [0, 0.05) is 24.4 Å². The largest absolute Gasteiger partial charge is 0.417 e. The highest BCUT2D eigenvalue weighted by Gasteiger charge is 2.31. The second kappa shape index (κ2) is 9.32. The van der Waals surface area contributed by atoms with Crippen molar-refractivity contribution in [2.45, 2.75) is 31.5 Å². The summed E-state index contributed by atoms with van der Waals surface area (Å²) in [6.45, 7) is 0. The number of alkyl halides is 3. The minimum absolute atomic E-state index is 0.145. The van der Waals surface area contributed by atoms with Crippen LogP contribution in [0.4, 0.5) is 30.5 Å². The van der Waals surface area contributed by atoms with Gasteiger partial charge in [-0.2, -0.15) is 13.2 Å². The average Bonchev–Trinajstić information content (AvgIpc) is 3.61. The summed E-state index contributed by atoms with van der Waals surface area (Å²) in [7, 11) is 0. The number of nitrogens with one attached hydrogen (secondary N) is 2. The Kier molecular flexibility index (Phi) is 6.48. The molecule has 1 saturated carbocycles. The maximum atomic E-state index is 12.8. The normalized spacial score (nSPS) is 14.6. The summed E-state index contributed by atoms with van der Waals surface area (Å²) in [6, 6.07) is 6.61. The van der Waals surface area contributed by atoms with Crippen LogP contribution in [0.5, 0.6) is 0 Å². The Bertz CT molecular complexity index is 1150. The van der Waals surface area contributed by atoms with E-state index in [1.165, 1.54) is 30.6 Å². The number of amides is 1. The zero-order valence-electron chi connectivity index (χ0n) is 17.1. The van der Waals surface area contributed by atoms with Crippen LogP contribution in [0.3, 0.4) is 0 Å². The lowest BCUT2D eigenvalue weighted by Gasteiger charge is -2.15. The molecule has 1 aliphatic carbocycles. The Hall–Kier alpha value is -3.24. The maximum absolute atomic E-state index is 12.8. The van der Waals surface area contributed by atoms with Crippen molar-refractivity contribution < 1.29 is 23.1 Å². The van der Waals surface area contributed by atoms with E-state index in [0.717, 1.165) is 18.9 Å². The summed E-state index contributed by atoms with van der Waals surface area (Å²) in [5, 5.41) is 16.1. The monoisotopic (exact) mass is 477 g/mol. The first kappa shape index (κ1) is 22.9. The highest BCUT2D eigenvalue weighted by Crippen LogP contribution is 2.35. The van der Waals surface area contributed by atoms with E-state index < -0.39 is 23.8 Å². The van der Waals surface area contributed by atoms with E-state index in [4.69, 9.17) is 11.6 Å². The second-order valence-corrected chi connectivity index (χ2v) is 8.10. The van der Waals surface area contributed by atoms with Crippen LogP contribution in [0.25, 0.3) is 0 Å². The smallest absolute Gasteiger partial charge is 0.392 e. The average molecular weight is 478 g/mol. The molecule has 33 heavy (non-hydrogen) atoms. The van der Waals surface area contributed by atoms with Gasteiger partial charge in [0.15, 0.2) is 0 Å². The van der Waals surface area contributed by atoms with E-state index in [9.17, 15) is 23.1 Å². The first-order valence-corrected chi connectivity index (χ1v) is 10.5. The fourth-order valence-corrected chi connectivity index (χ4v) is 3.40. The lowest BCUT2D eigenvalue weighted by molar-refractivity contribution is -0.137. The molecule has 1 atom stereocenters. The highest BCUT2D eigenvalue weighted by atomic mass is 35.5. The van der Waals surface area contributed by atoms with Crippen LogP contribution in [0.1, 0.15) is 34.3 Å². The molecular weight excluding hydrogens is 459 g/mol. The Morgan fingerprint density at radius 1 is 1.12 bits per heavy atom. The number of aliphatic hydroxyl groups excluding tert-OH is 1. The van der Waals surface area contributed by atoms with E-state index in [0.29, 0.717) is 23.9 Å². The molecule has 7 nitrogen and oxygen atoms in total. The van der Waals surface area contributed by atoms with Crippen molar-refractivity contribution in [1.82, 2.24) is 15.0 Å². The molecule has 0 saturated heterocycles. The van der Waals surface area contributed by atoms with Crippen molar-refractivity contribution in [3.63, 3.8) is 0 Å². The summed E-state index contributed by atoms with van der Waals surface area (Å²) in [5.41, 5.74) is 0.486. The molecule has 0 bridgehead atoms. The number of rotatable bonds is 7. The number of aliphatic hydroxyl groups is 1. The van der Waals surface area contributed by atoms with Gasteiger partial charge in [-0.1, -0.05) is 11.6 Å². The van der Waals surface area contributed by atoms with Crippen molar-refractivity contribution in [3.05, 3.63) is 70.8 Å². The Morgan fingerprint density at radius 3 is 2.58 bits per heavy atom. The van der Waals surface area contributed by atoms with Gasteiger partial charge in [-0.3, -0.25) is 4.79 Å². The van der Waals surface area contributed by atoms with E-state index in [1.54, 1.807) is 6.07 Å². The van der Waals surface area contributed by atoms with E-state index >= 15 is 0 Å². The van der Waals surface area contributed by atoms with Gasteiger partial charge in [0.2, 0.25) is 0 Å². The molecule has 0 aliphatic heterocycles.